The van der Waals surface area contributed by atoms with Crippen LogP contribution in [0.25, 0.3) is 11.1 Å². The third kappa shape index (κ3) is 4.65. The fourth-order valence-corrected chi connectivity index (χ4v) is 5.02. The molecule has 1 aromatic heterocycles. The second kappa shape index (κ2) is 9.91. The van der Waals surface area contributed by atoms with E-state index in [1.165, 1.54) is 11.8 Å². The molecule has 0 spiro atoms. The molecule has 2 N–H and O–H groups in total. The van der Waals surface area contributed by atoms with Gasteiger partial charge in [0.15, 0.2) is 0 Å². The summed E-state index contributed by atoms with van der Waals surface area (Å²) in [6.45, 7) is 2.97. The van der Waals surface area contributed by atoms with Crippen LogP contribution in [0.15, 0.2) is 61.1 Å². The minimum atomic E-state index is -1.09. The van der Waals surface area contributed by atoms with Crippen LogP contribution in [0.3, 0.4) is 0 Å². The number of carboxylic acid groups (broad SMARTS) is 1. The molecule has 1 unspecified atom stereocenters. The topological polar surface area (TPSA) is 93.5 Å². The van der Waals surface area contributed by atoms with Crippen LogP contribution in [0.2, 0.25) is 0 Å². The van der Waals surface area contributed by atoms with Crippen molar-refractivity contribution in [3.63, 3.8) is 0 Å². The van der Waals surface area contributed by atoms with E-state index in [1.807, 2.05) is 47.9 Å². The van der Waals surface area contributed by atoms with Crippen molar-refractivity contribution in [3.8, 4) is 11.1 Å². The number of aromatic nitrogens is 2. The fraction of sp³-hybridized carbons (Fsp3) is 0.292. The molecule has 0 saturated carbocycles. The maximum absolute atomic E-state index is 12.4. The molecule has 0 radical (unpaired) electrons. The van der Waals surface area contributed by atoms with Crippen LogP contribution in [-0.4, -0.2) is 45.1 Å². The van der Waals surface area contributed by atoms with Gasteiger partial charge >= 0.3 is 12.1 Å². The number of thioether (sulfide) groups is 1. The molecule has 32 heavy (non-hydrogen) atoms. The van der Waals surface area contributed by atoms with Gasteiger partial charge in [-0.3, -0.25) is 0 Å². The zero-order chi connectivity index (χ0) is 22.5. The number of aliphatic carboxylic acids is 1. The standard InChI is InChI=1S/C24H25N3O4S/c1-2-27-15-25-11-16(27)13-32-14-22(23(28)29)26-24(30)31-12-21-19-9-5-3-7-17(19)18-8-4-6-10-20(18)21/h3-11,15,21-22H,2,12-14H2,1H3,(H,26,30)(H,28,29). The Balaban J connectivity index is 1.34. The first-order chi connectivity index (χ1) is 15.6. The molecule has 1 heterocycles. The number of carbonyl (C=O) groups is 2. The van der Waals surface area contributed by atoms with E-state index in [0.717, 1.165) is 34.5 Å². The second-order valence-corrected chi connectivity index (χ2v) is 8.58. The molecule has 1 aliphatic rings. The monoisotopic (exact) mass is 451 g/mol. The summed E-state index contributed by atoms with van der Waals surface area (Å²) in [4.78, 5) is 28.2. The molecule has 0 aliphatic heterocycles. The summed E-state index contributed by atoms with van der Waals surface area (Å²) in [5.74, 6) is -0.312. The summed E-state index contributed by atoms with van der Waals surface area (Å²) >= 11 is 1.43. The average Bonchev–Trinajstić information content (AvgIpc) is 3.39. The molecule has 0 bridgehead atoms. The molecule has 1 amide bonds. The summed E-state index contributed by atoms with van der Waals surface area (Å²) in [6, 6.07) is 15.1. The van der Waals surface area contributed by atoms with Gasteiger partial charge in [-0.2, -0.15) is 11.8 Å². The molecule has 1 atom stereocenters. The number of carbonyl (C=O) groups excluding carboxylic acids is 1. The third-order valence-corrected chi connectivity index (χ3v) is 6.68. The quantitative estimate of drug-likeness (QED) is 0.508. The molecule has 2 aromatic carbocycles. The number of hydrogen-bond acceptors (Lipinski definition) is 5. The van der Waals surface area contributed by atoms with E-state index in [2.05, 4.69) is 22.4 Å². The summed E-state index contributed by atoms with van der Waals surface area (Å²) in [6.07, 6.45) is 2.79. The van der Waals surface area contributed by atoms with Crippen molar-refractivity contribution in [2.24, 2.45) is 0 Å². The van der Waals surface area contributed by atoms with E-state index in [9.17, 15) is 14.7 Å². The molecular weight excluding hydrogens is 426 g/mol. The van der Waals surface area contributed by atoms with Crippen molar-refractivity contribution in [1.82, 2.24) is 14.9 Å². The lowest BCUT2D eigenvalue weighted by Gasteiger charge is -2.17. The van der Waals surface area contributed by atoms with Gasteiger partial charge in [-0.1, -0.05) is 48.5 Å². The first-order valence-corrected chi connectivity index (χ1v) is 11.6. The Bertz CT molecular complexity index is 1070. The van der Waals surface area contributed by atoms with Crippen molar-refractivity contribution in [2.45, 2.75) is 31.2 Å². The predicted octanol–water partition coefficient (Wildman–Crippen LogP) is 4.13. The fourth-order valence-electron chi connectivity index (χ4n) is 3.99. The number of amides is 1. The van der Waals surface area contributed by atoms with Crippen molar-refractivity contribution in [3.05, 3.63) is 77.9 Å². The van der Waals surface area contributed by atoms with Gasteiger partial charge < -0.3 is 19.7 Å². The summed E-state index contributed by atoms with van der Waals surface area (Å²) in [5, 5.41) is 12.0. The molecular formula is C24H25N3O4S. The molecule has 0 fully saturated rings. The van der Waals surface area contributed by atoms with E-state index in [4.69, 9.17) is 4.74 Å². The molecule has 3 aromatic rings. The minimum absolute atomic E-state index is 0.0693. The lowest BCUT2D eigenvalue weighted by Crippen LogP contribution is -2.43. The number of aryl methyl sites for hydroxylation is 1. The van der Waals surface area contributed by atoms with Crippen LogP contribution in [0.1, 0.15) is 29.7 Å². The SMILES string of the molecule is CCn1cncc1CSCC(NC(=O)OCC1c2ccccc2-c2ccccc21)C(=O)O. The van der Waals surface area contributed by atoms with Crippen molar-refractivity contribution in [2.75, 3.05) is 12.4 Å². The maximum atomic E-state index is 12.4. The highest BCUT2D eigenvalue weighted by molar-refractivity contribution is 7.98. The lowest BCUT2D eigenvalue weighted by atomic mass is 9.98. The van der Waals surface area contributed by atoms with E-state index in [0.29, 0.717) is 5.75 Å². The van der Waals surface area contributed by atoms with Crippen molar-refractivity contribution < 1.29 is 19.4 Å². The van der Waals surface area contributed by atoms with Crippen molar-refractivity contribution in [1.29, 1.82) is 0 Å². The van der Waals surface area contributed by atoms with Crippen LogP contribution >= 0.6 is 11.8 Å². The van der Waals surface area contributed by atoms with Gasteiger partial charge in [0.05, 0.1) is 6.33 Å². The average molecular weight is 452 g/mol. The van der Waals surface area contributed by atoms with Gasteiger partial charge in [0.25, 0.3) is 0 Å². The van der Waals surface area contributed by atoms with Crippen LogP contribution in [0.4, 0.5) is 4.79 Å². The number of carboxylic acids is 1. The molecule has 8 heteroatoms. The van der Waals surface area contributed by atoms with Crippen LogP contribution in [0, 0.1) is 0 Å². The van der Waals surface area contributed by atoms with E-state index in [1.54, 1.807) is 12.5 Å². The number of rotatable bonds is 9. The first kappa shape index (κ1) is 22.0. The van der Waals surface area contributed by atoms with Gasteiger partial charge in [-0.15, -0.1) is 0 Å². The Labute approximate surface area is 190 Å². The number of imidazole rings is 1. The van der Waals surface area contributed by atoms with Crippen LogP contribution in [-0.2, 0) is 21.8 Å². The second-order valence-electron chi connectivity index (χ2n) is 7.55. The largest absolute Gasteiger partial charge is 0.480 e. The number of nitrogens with one attached hydrogen (secondary N) is 1. The Morgan fingerprint density at radius 2 is 1.81 bits per heavy atom. The van der Waals surface area contributed by atoms with E-state index >= 15 is 0 Å². The number of hydrogen-bond donors (Lipinski definition) is 2. The minimum Gasteiger partial charge on any atom is -0.480 e. The summed E-state index contributed by atoms with van der Waals surface area (Å²) in [5.41, 5.74) is 5.52. The first-order valence-electron chi connectivity index (χ1n) is 10.5. The molecule has 1 aliphatic carbocycles. The van der Waals surface area contributed by atoms with E-state index < -0.39 is 18.1 Å². The summed E-state index contributed by atoms with van der Waals surface area (Å²) < 4.78 is 7.47. The van der Waals surface area contributed by atoms with Gasteiger partial charge in [-0.25, -0.2) is 14.6 Å². The maximum Gasteiger partial charge on any atom is 0.407 e. The van der Waals surface area contributed by atoms with Crippen LogP contribution in [0.5, 0.6) is 0 Å². The Morgan fingerprint density at radius 1 is 1.16 bits per heavy atom. The highest BCUT2D eigenvalue weighted by Crippen LogP contribution is 2.44. The summed E-state index contributed by atoms with van der Waals surface area (Å²) in [7, 11) is 0. The Morgan fingerprint density at radius 3 is 2.44 bits per heavy atom. The normalized spacial score (nSPS) is 13.3. The zero-order valence-electron chi connectivity index (χ0n) is 17.7. The van der Waals surface area contributed by atoms with Gasteiger partial charge in [0, 0.05) is 35.9 Å². The lowest BCUT2D eigenvalue weighted by molar-refractivity contribution is -0.138. The number of fused-ring (bicyclic) bond motifs is 3. The Kier molecular flexibility index (Phi) is 6.80. The van der Waals surface area contributed by atoms with Gasteiger partial charge in [-0.05, 0) is 29.2 Å². The smallest absolute Gasteiger partial charge is 0.407 e. The molecule has 166 valence electrons. The van der Waals surface area contributed by atoms with Crippen molar-refractivity contribution >= 4 is 23.8 Å². The predicted molar refractivity (Wildman–Crippen MR) is 124 cm³/mol. The third-order valence-electron chi connectivity index (χ3n) is 5.61. The Hall–Kier alpha value is -3.26. The van der Waals surface area contributed by atoms with E-state index in [-0.39, 0.29) is 18.3 Å². The number of ether oxygens (including phenoxy) is 1. The molecule has 7 nitrogen and oxygen atoms in total. The highest BCUT2D eigenvalue weighted by atomic mass is 32.2. The highest BCUT2D eigenvalue weighted by Gasteiger charge is 2.29. The number of benzene rings is 2. The molecule has 0 saturated heterocycles. The van der Waals surface area contributed by atoms with Gasteiger partial charge in [0.2, 0.25) is 0 Å². The number of alkyl carbamates (subject to hydrolysis) is 1. The zero-order valence-corrected chi connectivity index (χ0v) is 18.5. The molecule has 4 rings (SSSR count). The van der Waals surface area contributed by atoms with Gasteiger partial charge in [0.1, 0.15) is 12.6 Å². The van der Waals surface area contributed by atoms with Crippen LogP contribution < -0.4 is 5.32 Å². The number of nitrogens with zero attached hydrogens (tertiary/aromatic N) is 2.